The first-order chi connectivity index (χ1) is 11.1. The third-order valence-corrected chi connectivity index (χ3v) is 6.54. The van der Waals surface area contributed by atoms with Gasteiger partial charge in [-0.1, -0.05) is 28.9 Å². The molecule has 1 N–H and O–H groups in total. The SMILES string of the molecule is Cc1ccc(Nc2ncnc3sc4c(c23)CCC(C)C4)cc1Br. The molecule has 0 radical (unpaired) electrons. The van der Waals surface area contributed by atoms with Gasteiger partial charge in [-0.2, -0.15) is 0 Å². The number of hydrogen-bond acceptors (Lipinski definition) is 4. The molecule has 0 saturated heterocycles. The lowest BCUT2D eigenvalue weighted by molar-refractivity contribution is 0.509. The zero-order valence-corrected chi connectivity index (χ0v) is 15.6. The van der Waals surface area contributed by atoms with E-state index in [1.54, 1.807) is 6.33 Å². The van der Waals surface area contributed by atoms with E-state index in [0.717, 1.165) is 33.1 Å². The average molecular weight is 388 g/mol. The molecule has 5 heteroatoms. The lowest BCUT2D eigenvalue weighted by Gasteiger charge is -2.18. The highest BCUT2D eigenvalue weighted by Gasteiger charge is 2.23. The Bertz CT molecular complexity index is 887. The zero-order valence-electron chi connectivity index (χ0n) is 13.2. The van der Waals surface area contributed by atoms with Crippen LogP contribution in [0.4, 0.5) is 11.5 Å². The van der Waals surface area contributed by atoms with Crippen LogP contribution in [0.2, 0.25) is 0 Å². The van der Waals surface area contributed by atoms with Crippen LogP contribution in [-0.4, -0.2) is 9.97 Å². The molecule has 0 bridgehead atoms. The number of fused-ring (bicyclic) bond motifs is 3. The summed E-state index contributed by atoms with van der Waals surface area (Å²) in [5.74, 6) is 1.70. The molecule has 1 aliphatic rings. The molecule has 1 unspecified atom stereocenters. The number of aryl methyl sites for hydroxylation is 2. The van der Waals surface area contributed by atoms with E-state index in [2.05, 4.69) is 63.3 Å². The summed E-state index contributed by atoms with van der Waals surface area (Å²) < 4.78 is 1.11. The highest BCUT2D eigenvalue weighted by molar-refractivity contribution is 9.10. The van der Waals surface area contributed by atoms with Crippen molar-refractivity contribution in [3.8, 4) is 0 Å². The number of benzene rings is 1. The number of anilines is 2. The Labute approximate surface area is 148 Å². The maximum absolute atomic E-state index is 4.52. The van der Waals surface area contributed by atoms with Crippen molar-refractivity contribution in [3.05, 3.63) is 45.0 Å². The van der Waals surface area contributed by atoms with E-state index in [1.165, 1.54) is 34.2 Å². The molecule has 0 saturated carbocycles. The molecule has 0 fully saturated rings. The maximum Gasteiger partial charge on any atom is 0.142 e. The molecule has 23 heavy (non-hydrogen) atoms. The monoisotopic (exact) mass is 387 g/mol. The van der Waals surface area contributed by atoms with Crippen molar-refractivity contribution in [2.75, 3.05) is 5.32 Å². The average Bonchev–Trinajstić information content (AvgIpc) is 2.89. The number of halogens is 1. The van der Waals surface area contributed by atoms with Gasteiger partial charge >= 0.3 is 0 Å². The summed E-state index contributed by atoms with van der Waals surface area (Å²) in [6, 6.07) is 6.30. The minimum Gasteiger partial charge on any atom is -0.340 e. The van der Waals surface area contributed by atoms with E-state index in [0.29, 0.717) is 0 Å². The van der Waals surface area contributed by atoms with Gasteiger partial charge in [0.2, 0.25) is 0 Å². The summed E-state index contributed by atoms with van der Waals surface area (Å²) in [7, 11) is 0. The number of rotatable bonds is 2. The molecule has 0 aliphatic heterocycles. The second-order valence-corrected chi connectivity index (χ2v) is 8.28. The van der Waals surface area contributed by atoms with Crippen LogP contribution in [0.5, 0.6) is 0 Å². The normalized spacial score (nSPS) is 17.3. The summed E-state index contributed by atoms with van der Waals surface area (Å²) in [5, 5.41) is 4.71. The van der Waals surface area contributed by atoms with Crippen molar-refractivity contribution in [1.29, 1.82) is 0 Å². The summed E-state index contributed by atoms with van der Waals surface area (Å²) in [4.78, 5) is 11.6. The van der Waals surface area contributed by atoms with Gasteiger partial charge < -0.3 is 5.32 Å². The van der Waals surface area contributed by atoms with Crippen molar-refractivity contribution in [2.45, 2.75) is 33.1 Å². The fourth-order valence-electron chi connectivity index (χ4n) is 3.18. The summed E-state index contributed by atoms with van der Waals surface area (Å²) in [5.41, 5.74) is 3.73. The third-order valence-electron chi connectivity index (χ3n) is 4.53. The first-order valence-electron chi connectivity index (χ1n) is 7.90. The van der Waals surface area contributed by atoms with E-state index in [-0.39, 0.29) is 0 Å². The van der Waals surface area contributed by atoms with Crippen LogP contribution in [0.1, 0.15) is 29.3 Å². The maximum atomic E-state index is 4.52. The van der Waals surface area contributed by atoms with E-state index in [9.17, 15) is 0 Å². The largest absolute Gasteiger partial charge is 0.340 e. The van der Waals surface area contributed by atoms with Gasteiger partial charge in [-0.25, -0.2) is 9.97 Å². The van der Waals surface area contributed by atoms with Crippen molar-refractivity contribution in [1.82, 2.24) is 9.97 Å². The van der Waals surface area contributed by atoms with Gasteiger partial charge in [-0.15, -0.1) is 11.3 Å². The first kappa shape index (κ1) is 15.1. The van der Waals surface area contributed by atoms with Crippen molar-refractivity contribution in [3.63, 3.8) is 0 Å². The van der Waals surface area contributed by atoms with E-state index >= 15 is 0 Å². The second kappa shape index (κ2) is 5.87. The fraction of sp³-hybridized carbons (Fsp3) is 0.333. The van der Waals surface area contributed by atoms with Gasteiger partial charge in [0.05, 0.1) is 5.39 Å². The van der Waals surface area contributed by atoms with Gasteiger partial charge in [0.25, 0.3) is 0 Å². The van der Waals surface area contributed by atoms with Crippen molar-refractivity contribution in [2.24, 2.45) is 5.92 Å². The van der Waals surface area contributed by atoms with Crippen LogP contribution in [0.25, 0.3) is 10.2 Å². The van der Waals surface area contributed by atoms with Crippen LogP contribution in [0.3, 0.4) is 0 Å². The predicted molar refractivity (Wildman–Crippen MR) is 101 cm³/mol. The van der Waals surface area contributed by atoms with Gasteiger partial charge in [0.15, 0.2) is 0 Å². The Hall–Kier alpha value is -1.46. The molecular weight excluding hydrogens is 370 g/mol. The second-order valence-electron chi connectivity index (χ2n) is 6.34. The molecule has 1 aliphatic carbocycles. The van der Waals surface area contributed by atoms with Crippen LogP contribution >= 0.6 is 27.3 Å². The molecule has 2 heterocycles. The molecule has 0 amide bonds. The molecule has 3 aromatic rings. The molecule has 1 atom stereocenters. The van der Waals surface area contributed by atoms with Crippen molar-refractivity contribution >= 4 is 49.0 Å². The molecule has 0 spiro atoms. The molecule has 2 aromatic heterocycles. The Morgan fingerprint density at radius 2 is 2.17 bits per heavy atom. The lowest BCUT2D eigenvalue weighted by atomic mass is 9.89. The smallest absolute Gasteiger partial charge is 0.142 e. The fourth-order valence-corrected chi connectivity index (χ4v) is 4.91. The van der Waals surface area contributed by atoms with E-state index in [4.69, 9.17) is 0 Å². The summed E-state index contributed by atoms with van der Waals surface area (Å²) in [6.07, 6.45) is 5.23. The molecule has 118 valence electrons. The van der Waals surface area contributed by atoms with Gasteiger partial charge in [0.1, 0.15) is 17.0 Å². The number of nitrogens with one attached hydrogen (secondary N) is 1. The number of hydrogen-bond donors (Lipinski definition) is 1. The molecule has 4 rings (SSSR count). The quantitative estimate of drug-likeness (QED) is 0.618. The number of aromatic nitrogens is 2. The van der Waals surface area contributed by atoms with Crippen LogP contribution in [0, 0.1) is 12.8 Å². The van der Waals surface area contributed by atoms with Crippen molar-refractivity contribution < 1.29 is 0 Å². The van der Waals surface area contributed by atoms with Gasteiger partial charge in [-0.05, 0) is 55.4 Å². The Morgan fingerprint density at radius 3 is 3.00 bits per heavy atom. The van der Waals surface area contributed by atoms with E-state index < -0.39 is 0 Å². The standard InChI is InChI=1S/C18H18BrN3S/c1-10-3-6-13-15(7-10)23-18-16(13)17(20-9-21-18)22-12-5-4-11(2)14(19)8-12/h4-5,8-10H,3,6-7H2,1-2H3,(H,20,21,22). The minimum absolute atomic E-state index is 0.771. The van der Waals surface area contributed by atoms with Crippen LogP contribution < -0.4 is 5.32 Å². The number of thiophene rings is 1. The lowest BCUT2D eigenvalue weighted by Crippen LogP contribution is -2.09. The minimum atomic E-state index is 0.771. The molecular formula is C18H18BrN3S. The van der Waals surface area contributed by atoms with Crippen LogP contribution in [0.15, 0.2) is 29.0 Å². The Balaban J connectivity index is 1.79. The predicted octanol–water partition coefficient (Wildman–Crippen LogP) is 5.63. The van der Waals surface area contributed by atoms with E-state index in [1.807, 2.05) is 11.3 Å². The van der Waals surface area contributed by atoms with Crippen LogP contribution in [-0.2, 0) is 12.8 Å². The van der Waals surface area contributed by atoms with Gasteiger partial charge in [-0.3, -0.25) is 0 Å². The summed E-state index contributed by atoms with van der Waals surface area (Å²) >= 11 is 5.43. The molecule has 3 nitrogen and oxygen atoms in total. The summed E-state index contributed by atoms with van der Waals surface area (Å²) in [6.45, 7) is 4.43. The topological polar surface area (TPSA) is 37.8 Å². The molecule has 1 aromatic carbocycles. The highest BCUT2D eigenvalue weighted by atomic mass is 79.9. The van der Waals surface area contributed by atoms with Gasteiger partial charge in [0, 0.05) is 15.0 Å². The Morgan fingerprint density at radius 1 is 1.30 bits per heavy atom. The number of nitrogens with zero attached hydrogens (tertiary/aromatic N) is 2. The first-order valence-corrected chi connectivity index (χ1v) is 9.51. The zero-order chi connectivity index (χ0) is 16.0. The third kappa shape index (κ3) is 2.76. The highest BCUT2D eigenvalue weighted by Crippen LogP contribution is 2.40. The Kier molecular flexibility index (Phi) is 3.85.